The summed E-state index contributed by atoms with van der Waals surface area (Å²) < 4.78 is 64.5. The average molecular weight is 283 g/mol. The van der Waals surface area contributed by atoms with Crippen LogP contribution in [0.5, 0.6) is 0 Å². The molecule has 4 nitrogen and oxygen atoms in total. The summed E-state index contributed by atoms with van der Waals surface area (Å²) in [4.78, 5) is 21.6. The summed E-state index contributed by atoms with van der Waals surface area (Å²) >= 11 is 0. The van der Waals surface area contributed by atoms with Crippen LogP contribution in [0, 0.1) is 35.0 Å². The van der Waals surface area contributed by atoms with Gasteiger partial charge in [0.25, 0.3) is 0 Å². The van der Waals surface area contributed by atoms with E-state index in [0.29, 0.717) is 0 Å². The van der Waals surface area contributed by atoms with Gasteiger partial charge in [-0.15, -0.1) is 0 Å². The van der Waals surface area contributed by atoms with Crippen LogP contribution < -0.4 is 5.32 Å². The molecule has 104 valence electrons. The van der Waals surface area contributed by atoms with E-state index < -0.39 is 52.6 Å². The lowest BCUT2D eigenvalue weighted by Gasteiger charge is -2.11. The molecule has 0 aromatic heterocycles. The normalized spacial score (nSPS) is 12.1. The van der Waals surface area contributed by atoms with Crippen molar-refractivity contribution in [3.05, 3.63) is 29.1 Å². The molecule has 0 saturated carbocycles. The van der Waals surface area contributed by atoms with E-state index in [0.717, 1.165) is 6.92 Å². The first-order valence-electron chi connectivity index (χ1n) is 4.73. The van der Waals surface area contributed by atoms with E-state index >= 15 is 0 Å². The number of carbonyl (C=O) groups excluding carboxylic acids is 1. The number of anilines is 1. The molecule has 1 unspecified atom stereocenters. The second-order valence-electron chi connectivity index (χ2n) is 3.49. The van der Waals surface area contributed by atoms with Crippen LogP contribution in [0.4, 0.5) is 27.6 Å². The summed E-state index contributed by atoms with van der Waals surface area (Å²) in [5.74, 6) is -16.1. The second kappa shape index (κ2) is 5.21. The van der Waals surface area contributed by atoms with Crippen molar-refractivity contribution in [2.45, 2.75) is 6.92 Å². The van der Waals surface area contributed by atoms with Gasteiger partial charge in [0.2, 0.25) is 11.7 Å². The first-order valence-corrected chi connectivity index (χ1v) is 4.73. The zero-order chi connectivity index (χ0) is 14.9. The maximum atomic E-state index is 13.1. The van der Waals surface area contributed by atoms with Crippen LogP contribution in [0.1, 0.15) is 6.92 Å². The predicted molar refractivity (Wildman–Crippen MR) is 51.7 cm³/mol. The first-order chi connectivity index (χ1) is 8.68. The summed E-state index contributed by atoms with van der Waals surface area (Å²) in [6.07, 6.45) is 0. The lowest BCUT2D eigenvalue weighted by Crippen LogP contribution is -2.28. The van der Waals surface area contributed by atoms with E-state index in [-0.39, 0.29) is 0 Å². The Morgan fingerprint density at radius 2 is 1.32 bits per heavy atom. The molecular formula is C10H6F5NO3. The third-order valence-corrected chi connectivity index (χ3v) is 2.22. The van der Waals surface area contributed by atoms with Crippen molar-refractivity contribution >= 4 is 17.6 Å². The SMILES string of the molecule is CC(C(=O)O)C(=O)Nc1c(F)c(F)c(F)c(F)c1F. The fourth-order valence-electron chi connectivity index (χ4n) is 1.06. The van der Waals surface area contributed by atoms with Crippen molar-refractivity contribution in [2.75, 3.05) is 5.32 Å². The van der Waals surface area contributed by atoms with Crippen molar-refractivity contribution < 1.29 is 36.6 Å². The Hall–Kier alpha value is -2.19. The fourth-order valence-corrected chi connectivity index (χ4v) is 1.06. The quantitative estimate of drug-likeness (QED) is 0.386. The number of benzene rings is 1. The van der Waals surface area contributed by atoms with E-state index in [1.807, 2.05) is 0 Å². The Morgan fingerprint density at radius 3 is 1.68 bits per heavy atom. The van der Waals surface area contributed by atoms with Crippen LogP contribution in [-0.4, -0.2) is 17.0 Å². The van der Waals surface area contributed by atoms with Crippen molar-refractivity contribution in [3.8, 4) is 0 Å². The number of amides is 1. The average Bonchev–Trinajstić information content (AvgIpc) is 2.37. The Morgan fingerprint density at radius 1 is 0.947 bits per heavy atom. The van der Waals surface area contributed by atoms with Gasteiger partial charge >= 0.3 is 5.97 Å². The molecule has 1 amide bonds. The molecule has 0 spiro atoms. The lowest BCUT2D eigenvalue weighted by molar-refractivity contribution is -0.144. The number of hydrogen-bond donors (Lipinski definition) is 2. The molecule has 1 aromatic rings. The molecule has 0 bridgehead atoms. The first kappa shape index (κ1) is 14.9. The van der Waals surface area contributed by atoms with E-state index in [4.69, 9.17) is 5.11 Å². The van der Waals surface area contributed by atoms with Gasteiger partial charge < -0.3 is 10.4 Å². The van der Waals surface area contributed by atoms with Gasteiger partial charge in [0, 0.05) is 0 Å². The van der Waals surface area contributed by atoms with Gasteiger partial charge in [-0.1, -0.05) is 0 Å². The maximum absolute atomic E-state index is 13.1. The maximum Gasteiger partial charge on any atom is 0.315 e. The molecule has 0 aliphatic heterocycles. The number of carboxylic acid groups (broad SMARTS) is 1. The van der Waals surface area contributed by atoms with Crippen LogP contribution in [-0.2, 0) is 9.59 Å². The number of carboxylic acids is 1. The molecule has 0 heterocycles. The highest BCUT2D eigenvalue weighted by molar-refractivity contribution is 6.03. The van der Waals surface area contributed by atoms with Gasteiger partial charge in [0.05, 0.1) is 0 Å². The summed E-state index contributed by atoms with van der Waals surface area (Å²) in [6.45, 7) is 0.879. The number of halogens is 5. The second-order valence-corrected chi connectivity index (χ2v) is 3.49. The van der Waals surface area contributed by atoms with Crippen LogP contribution in [0.25, 0.3) is 0 Å². The Labute approximate surface area is 102 Å². The monoisotopic (exact) mass is 283 g/mol. The van der Waals surface area contributed by atoms with Gasteiger partial charge in [-0.25, -0.2) is 22.0 Å². The number of rotatable bonds is 3. The highest BCUT2D eigenvalue weighted by Crippen LogP contribution is 2.27. The minimum absolute atomic E-state index is 0.879. The van der Waals surface area contributed by atoms with Crippen molar-refractivity contribution in [2.24, 2.45) is 5.92 Å². The van der Waals surface area contributed by atoms with E-state index in [9.17, 15) is 31.5 Å². The van der Waals surface area contributed by atoms with Crippen molar-refractivity contribution in [1.82, 2.24) is 0 Å². The highest BCUT2D eigenvalue weighted by Gasteiger charge is 2.29. The molecular weight excluding hydrogens is 277 g/mol. The van der Waals surface area contributed by atoms with E-state index in [1.54, 1.807) is 0 Å². The standard InChI is InChI=1S/C10H6F5NO3/c1-2(10(18)19)9(17)16-8-6(14)4(12)3(11)5(13)7(8)15/h2H,1H3,(H,16,17)(H,18,19). The molecule has 0 radical (unpaired) electrons. The third kappa shape index (κ3) is 2.64. The molecule has 2 N–H and O–H groups in total. The minimum Gasteiger partial charge on any atom is -0.481 e. The third-order valence-electron chi connectivity index (χ3n) is 2.22. The summed E-state index contributed by atoms with van der Waals surface area (Å²) in [5.41, 5.74) is -1.59. The number of carbonyl (C=O) groups is 2. The summed E-state index contributed by atoms with van der Waals surface area (Å²) in [6, 6.07) is 0. The lowest BCUT2D eigenvalue weighted by atomic mass is 10.1. The zero-order valence-corrected chi connectivity index (χ0v) is 9.23. The number of hydrogen-bond acceptors (Lipinski definition) is 2. The zero-order valence-electron chi connectivity index (χ0n) is 9.23. The van der Waals surface area contributed by atoms with Gasteiger partial charge in [-0.2, -0.15) is 0 Å². The molecule has 0 saturated heterocycles. The number of nitrogens with one attached hydrogen (secondary N) is 1. The highest BCUT2D eigenvalue weighted by atomic mass is 19.2. The largest absolute Gasteiger partial charge is 0.481 e. The number of aliphatic carboxylic acids is 1. The fraction of sp³-hybridized carbons (Fsp3) is 0.200. The van der Waals surface area contributed by atoms with Crippen LogP contribution in [0.3, 0.4) is 0 Å². The van der Waals surface area contributed by atoms with Gasteiger partial charge in [-0.05, 0) is 6.92 Å². The topological polar surface area (TPSA) is 66.4 Å². The van der Waals surface area contributed by atoms with Crippen LogP contribution in [0.2, 0.25) is 0 Å². The van der Waals surface area contributed by atoms with Gasteiger partial charge in [0.15, 0.2) is 23.3 Å². The van der Waals surface area contributed by atoms with Crippen LogP contribution >= 0.6 is 0 Å². The summed E-state index contributed by atoms with van der Waals surface area (Å²) in [5, 5.41) is 9.82. The Balaban J connectivity index is 3.23. The molecule has 9 heteroatoms. The predicted octanol–water partition coefficient (Wildman–Crippen LogP) is 2.04. The van der Waals surface area contributed by atoms with E-state index in [1.165, 1.54) is 5.32 Å². The molecule has 0 aliphatic carbocycles. The van der Waals surface area contributed by atoms with Crippen molar-refractivity contribution in [3.63, 3.8) is 0 Å². The Kier molecular flexibility index (Phi) is 4.07. The minimum atomic E-state index is -2.38. The molecule has 0 aliphatic rings. The van der Waals surface area contributed by atoms with Gasteiger partial charge in [-0.3, -0.25) is 9.59 Å². The molecule has 1 aromatic carbocycles. The molecule has 0 fully saturated rings. The smallest absolute Gasteiger partial charge is 0.315 e. The molecule has 1 rings (SSSR count). The van der Waals surface area contributed by atoms with Crippen molar-refractivity contribution in [1.29, 1.82) is 0 Å². The Bertz CT molecular complexity index is 532. The van der Waals surface area contributed by atoms with Crippen LogP contribution in [0.15, 0.2) is 0 Å². The summed E-state index contributed by atoms with van der Waals surface area (Å²) in [7, 11) is 0. The van der Waals surface area contributed by atoms with E-state index in [2.05, 4.69) is 0 Å². The molecule has 1 atom stereocenters. The molecule has 19 heavy (non-hydrogen) atoms. The van der Waals surface area contributed by atoms with Gasteiger partial charge in [0.1, 0.15) is 11.6 Å².